The van der Waals surface area contributed by atoms with E-state index in [-0.39, 0.29) is 38.4 Å². The van der Waals surface area contributed by atoms with Gasteiger partial charge in [-0.3, -0.25) is 0 Å². The zero-order valence-electron chi connectivity index (χ0n) is 39.1. The van der Waals surface area contributed by atoms with E-state index in [1.54, 1.807) is 0 Å². The van der Waals surface area contributed by atoms with Gasteiger partial charge in [0.1, 0.15) is 36.6 Å². The monoisotopic (exact) mass is 934 g/mol. The van der Waals surface area contributed by atoms with Gasteiger partial charge in [-0.1, -0.05) is 152 Å². The number of benzene rings is 4. The van der Waals surface area contributed by atoms with Gasteiger partial charge in [-0.05, 0) is 59.0 Å². The summed E-state index contributed by atoms with van der Waals surface area (Å²) in [7, 11) is 1.25. The zero-order valence-corrected chi connectivity index (χ0v) is 39.1. The Balaban J connectivity index is 1.29. The van der Waals surface area contributed by atoms with Crippen molar-refractivity contribution in [3.63, 3.8) is 0 Å². The Bertz CT molecular complexity index is 2240. The molecule has 362 valence electrons. The quantitative estimate of drug-likeness (QED) is 0.0333. The summed E-state index contributed by atoms with van der Waals surface area (Å²) in [6, 6.07) is 36.8. The van der Waals surface area contributed by atoms with Crippen molar-refractivity contribution in [3.8, 4) is 0 Å². The van der Waals surface area contributed by atoms with Crippen LogP contribution in [0.5, 0.6) is 0 Å². The first-order valence-corrected chi connectivity index (χ1v) is 23.3. The molecule has 17 nitrogen and oxygen atoms in total. The van der Waals surface area contributed by atoms with Gasteiger partial charge in [0.15, 0.2) is 18.7 Å². The fourth-order valence-electron chi connectivity index (χ4n) is 9.22. The lowest BCUT2D eigenvalue weighted by Crippen LogP contribution is -2.67. The maximum atomic E-state index is 14.2. The molecule has 3 aliphatic heterocycles. The molecule has 3 heterocycles. The van der Waals surface area contributed by atoms with Crippen LogP contribution in [-0.4, -0.2) is 98.8 Å². The fourth-order valence-corrected chi connectivity index (χ4v) is 9.22. The first-order chi connectivity index (χ1) is 33.3. The van der Waals surface area contributed by atoms with E-state index in [2.05, 4.69) is 20.1 Å². The minimum absolute atomic E-state index is 0.0648. The van der Waals surface area contributed by atoms with Crippen molar-refractivity contribution in [1.82, 2.24) is 0 Å². The molecular weight excluding hydrogens is 873 g/mol. The molecule has 6 unspecified atom stereocenters. The molecule has 3 saturated heterocycles. The molecule has 4 aromatic rings. The van der Waals surface area contributed by atoms with Gasteiger partial charge in [-0.2, -0.15) is 0 Å². The molecule has 15 atom stereocenters. The lowest BCUT2D eigenvalue weighted by Gasteiger charge is -2.50. The lowest BCUT2D eigenvalue weighted by molar-refractivity contribution is -0.364. The predicted molar refractivity (Wildman–Crippen MR) is 249 cm³/mol. The third-order valence-electron chi connectivity index (χ3n) is 12.7. The van der Waals surface area contributed by atoms with E-state index >= 15 is 0 Å². The van der Waals surface area contributed by atoms with Crippen molar-refractivity contribution in [2.45, 2.75) is 153 Å². The highest BCUT2D eigenvalue weighted by Crippen LogP contribution is 2.40. The molecule has 0 amide bonds. The van der Waals surface area contributed by atoms with Crippen molar-refractivity contribution in [2.24, 2.45) is 16.1 Å². The van der Waals surface area contributed by atoms with Crippen LogP contribution in [0, 0.1) is 5.92 Å². The van der Waals surface area contributed by atoms with E-state index in [0.717, 1.165) is 22.3 Å². The largest absolute Gasteiger partial charge is 0.467 e. The number of ether oxygens (including phenoxy) is 10. The van der Waals surface area contributed by atoms with Crippen LogP contribution in [0.2, 0.25) is 0 Å². The highest BCUT2D eigenvalue weighted by Gasteiger charge is 2.57. The van der Waals surface area contributed by atoms with E-state index in [1.807, 2.05) is 149 Å². The zero-order chi connectivity index (χ0) is 47.8. The van der Waals surface area contributed by atoms with Crippen LogP contribution < -0.4 is 0 Å². The van der Waals surface area contributed by atoms with Crippen molar-refractivity contribution < 1.29 is 52.2 Å². The number of methoxy groups -OCH3 is 1. The third-order valence-corrected chi connectivity index (χ3v) is 12.7. The Morgan fingerprint density at radius 2 is 0.956 bits per heavy atom. The third kappa shape index (κ3) is 12.6. The van der Waals surface area contributed by atoms with Crippen LogP contribution in [-0.2, 0) is 78.6 Å². The van der Waals surface area contributed by atoms with Gasteiger partial charge in [-0.15, -0.1) is 0 Å². The van der Waals surface area contributed by atoms with Crippen LogP contribution in [0.15, 0.2) is 132 Å². The fraction of sp³-hybridized carbons (Fsp3) is 0.510. The second-order valence-electron chi connectivity index (χ2n) is 17.2. The van der Waals surface area contributed by atoms with Gasteiger partial charge < -0.3 is 47.4 Å². The first kappa shape index (κ1) is 50.5. The van der Waals surface area contributed by atoms with Crippen molar-refractivity contribution in [3.05, 3.63) is 164 Å². The number of esters is 1. The average molecular weight is 935 g/mol. The number of nitrogens with zero attached hydrogens (tertiary/aromatic N) is 6. The Morgan fingerprint density at radius 3 is 1.43 bits per heavy atom. The number of rotatable bonds is 21. The van der Waals surface area contributed by atoms with E-state index in [9.17, 15) is 15.9 Å². The SMILES string of the molecule is CCC1O[C@@H](C)C(N=[N+]=[N-])[C@@H](C)[C@@H]1O[C@@H]1OC(C(=O)OC)[C@@H](O[C@H]2OC(CC)[C@@H](OCc3ccccc3)[C@@H](OCc3ccccc3)C2N=[N+]=[N-])[C@@H](OCc2ccccc2)C1OCc1ccccc1. The maximum Gasteiger partial charge on any atom is 0.337 e. The summed E-state index contributed by atoms with van der Waals surface area (Å²) in [5, 5.41) is 8.36. The summed E-state index contributed by atoms with van der Waals surface area (Å²) in [6.07, 6.45) is -10.4. The van der Waals surface area contributed by atoms with Crippen molar-refractivity contribution in [2.75, 3.05) is 7.11 Å². The topological polar surface area (TPSA) is 207 Å². The summed E-state index contributed by atoms with van der Waals surface area (Å²) in [4.78, 5) is 20.6. The number of hydrogen-bond acceptors (Lipinski definition) is 13. The molecule has 3 aliphatic rings. The molecule has 17 heteroatoms. The summed E-state index contributed by atoms with van der Waals surface area (Å²) >= 11 is 0. The molecule has 0 N–H and O–H groups in total. The summed E-state index contributed by atoms with van der Waals surface area (Å²) in [5.41, 5.74) is 23.2. The molecule has 0 aromatic heterocycles. The van der Waals surface area contributed by atoms with Crippen LogP contribution in [0.1, 0.15) is 62.8 Å². The highest BCUT2D eigenvalue weighted by molar-refractivity contribution is 5.75. The smallest absolute Gasteiger partial charge is 0.337 e. The van der Waals surface area contributed by atoms with Gasteiger partial charge in [0, 0.05) is 9.82 Å². The molecule has 4 aromatic carbocycles. The van der Waals surface area contributed by atoms with Gasteiger partial charge in [0.05, 0.1) is 64.0 Å². The molecule has 68 heavy (non-hydrogen) atoms. The molecule has 0 aliphatic carbocycles. The minimum atomic E-state index is -1.50. The minimum Gasteiger partial charge on any atom is -0.467 e. The number of carbonyl (C=O) groups is 1. The van der Waals surface area contributed by atoms with Crippen LogP contribution in [0.25, 0.3) is 20.9 Å². The highest BCUT2D eigenvalue weighted by atomic mass is 16.8. The Morgan fingerprint density at radius 1 is 0.529 bits per heavy atom. The van der Waals surface area contributed by atoms with E-state index in [0.29, 0.717) is 12.8 Å². The second-order valence-corrected chi connectivity index (χ2v) is 17.2. The number of carbonyl (C=O) groups excluding carboxylic acids is 1. The lowest BCUT2D eigenvalue weighted by atomic mass is 9.85. The Kier molecular flexibility index (Phi) is 18.8. The Hall–Kier alpha value is -5.39. The van der Waals surface area contributed by atoms with E-state index in [1.165, 1.54) is 7.11 Å². The molecule has 3 fully saturated rings. The molecule has 0 saturated carbocycles. The predicted octanol–water partition coefficient (Wildman–Crippen LogP) is 9.32. The van der Waals surface area contributed by atoms with Gasteiger partial charge in [-0.25, -0.2) is 4.79 Å². The van der Waals surface area contributed by atoms with Crippen LogP contribution in [0.4, 0.5) is 0 Å². The van der Waals surface area contributed by atoms with Crippen molar-refractivity contribution in [1.29, 1.82) is 0 Å². The van der Waals surface area contributed by atoms with E-state index < -0.39 is 85.6 Å². The van der Waals surface area contributed by atoms with E-state index in [4.69, 9.17) is 47.4 Å². The van der Waals surface area contributed by atoms with Crippen LogP contribution in [0.3, 0.4) is 0 Å². The average Bonchev–Trinajstić information content (AvgIpc) is 3.38. The number of hydrogen-bond donors (Lipinski definition) is 0. The summed E-state index contributed by atoms with van der Waals surface area (Å²) in [6.45, 7) is 8.30. The van der Waals surface area contributed by atoms with Gasteiger partial charge in [0.25, 0.3) is 0 Å². The summed E-state index contributed by atoms with van der Waals surface area (Å²) in [5.74, 6) is -1.13. The van der Waals surface area contributed by atoms with Crippen LogP contribution >= 0.6 is 0 Å². The van der Waals surface area contributed by atoms with Crippen molar-refractivity contribution >= 4 is 5.97 Å². The molecule has 0 radical (unpaired) electrons. The maximum absolute atomic E-state index is 14.2. The normalized spacial score (nSPS) is 31.5. The number of azide groups is 2. The standard InChI is InChI=1S/C51H62N6O11/c1-6-38-42(32(3)40(54-56-52)33(4)64-38)66-51-48(63-31-37-26-18-11-19-27-37)45(62-30-36-24-16-10-17-25-36)46(47(68-51)49(58)59-5)67-50-41(55-57-53)44(61-29-35-22-14-9-15-23-35)43(39(7-2)65-50)60-28-34-20-12-8-13-21-34/h8-27,32-33,38-48,50-51H,6-7,28-31H2,1-5H3/t32-,33+,38?,39?,40?,41?,42+,43-,44+,45-,46+,47?,48?,50-,51-/m1/s1. The summed E-state index contributed by atoms with van der Waals surface area (Å²) < 4.78 is 66.3. The molecular formula is C51H62N6O11. The van der Waals surface area contributed by atoms with Gasteiger partial charge >= 0.3 is 5.97 Å². The van der Waals surface area contributed by atoms with Gasteiger partial charge in [0.2, 0.25) is 0 Å². The molecule has 7 rings (SSSR count). The molecule has 0 bridgehead atoms. The first-order valence-electron chi connectivity index (χ1n) is 23.3. The molecule has 0 spiro atoms. The Labute approximate surface area is 397 Å². The second kappa shape index (κ2) is 25.3.